The molecule has 0 aliphatic rings. The quantitative estimate of drug-likeness (QED) is 0.452. The van der Waals surface area contributed by atoms with Gasteiger partial charge >= 0.3 is 5.97 Å². The van der Waals surface area contributed by atoms with Gasteiger partial charge in [0.1, 0.15) is 11.5 Å². The molecule has 4 nitrogen and oxygen atoms in total. The van der Waals surface area contributed by atoms with Gasteiger partial charge in [-0.25, -0.2) is 4.79 Å². The maximum atomic E-state index is 11.6. The third-order valence-corrected chi connectivity index (χ3v) is 4.45. The molecule has 3 aromatic carbocycles. The molecule has 0 saturated carbocycles. The van der Waals surface area contributed by atoms with E-state index in [0.29, 0.717) is 17.9 Å². The van der Waals surface area contributed by atoms with Crippen LogP contribution in [0.4, 0.5) is 0 Å². The minimum absolute atomic E-state index is 0.253. The average molecular weight is 388 g/mol. The Kier molecular flexibility index (Phi) is 6.69. The molecule has 0 aromatic heterocycles. The Bertz CT molecular complexity index is 986. The fourth-order valence-electron chi connectivity index (χ4n) is 3.00. The summed E-state index contributed by atoms with van der Waals surface area (Å²) in [6, 6.07) is 20.7. The van der Waals surface area contributed by atoms with E-state index >= 15 is 0 Å². The smallest absolute Gasteiger partial charge is 0.336 e. The van der Waals surface area contributed by atoms with Crippen molar-refractivity contribution in [3.63, 3.8) is 0 Å². The number of carboxylic acids is 1. The number of ether oxygens (including phenoxy) is 2. The molecular formula is C25H24O4. The third kappa shape index (κ3) is 5.05. The molecule has 0 spiro atoms. The molecule has 0 aliphatic heterocycles. The normalized spacial score (nSPS) is 10.8. The summed E-state index contributed by atoms with van der Waals surface area (Å²) in [5.74, 6) is 0.484. The Hall–Kier alpha value is -3.53. The van der Waals surface area contributed by atoms with E-state index in [2.05, 4.69) is 6.92 Å². The Morgan fingerprint density at radius 3 is 2.03 bits per heavy atom. The van der Waals surface area contributed by atoms with E-state index in [1.807, 2.05) is 61.5 Å². The molecule has 0 saturated heterocycles. The first kappa shape index (κ1) is 20.2. The maximum Gasteiger partial charge on any atom is 0.336 e. The summed E-state index contributed by atoms with van der Waals surface area (Å²) in [5, 5.41) is 9.53. The fraction of sp³-hybridized carbons (Fsp3) is 0.160. The van der Waals surface area contributed by atoms with E-state index in [9.17, 15) is 9.90 Å². The third-order valence-electron chi connectivity index (χ3n) is 4.45. The van der Waals surface area contributed by atoms with E-state index in [1.54, 1.807) is 24.5 Å². The maximum absolute atomic E-state index is 11.6. The van der Waals surface area contributed by atoms with Crippen molar-refractivity contribution in [2.45, 2.75) is 20.3 Å². The molecule has 0 heterocycles. The highest BCUT2D eigenvalue weighted by molar-refractivity contribution is 5.96. The van der Waals surface area contributed by atoms with Crippen LogP contribution in [0.15, 0.2) is 79.1 Å². The van der Waals surface area contributed by atoms with Crippen LogP contribution in [0.1, 0.15) is 30.6 Å². The van der Waals surface area contributed by atoms with Crippen molar-refractivity contribution in [3.8, 4) is 33.8 Å². The monoisotopic (exact) mass is 388 g/mol. The molecule has 3 rings (SSSR count). The molecule has 29 heavy (non-hydrogen) atoms. The molecule has 0 fully saturated rings. The van der Waals surface area contributed by atoms with Crippen LogP contribution in [0, 0.1) is 0 Å². The fourth-order valence-corrected chi connectivity index (χ4v) is 3.00. The van der Waals surface area contributed by atoms with Gasteiger partial charge in [-0.15, -0.1) is 0 Å². The number of allylic oxidation sites excluding steroid dienone is 1. The van der Waals surface area contributed by atoms with Gasteiger partial charge < -0.3 is 14.6 Å². The first-order chi connectivity index (χ1) is 14.1. The summed E-state index contributed by atoms with van der Waals surface area (Å²) < 4.78 is 11.1. The zero-order valence-electron chi connectivity index (χ0n) is 16.6. The molecule has 0 atom stereocenters. The van der Waals surface area contributed by atoms with Gasteiger partial charge in [-0.2, -0.15) is 0 Å². The van der Waals surface area contributed by atoms with Gasteiger partial charge in [0.2, 0.25) is 0 Å². The zero-order chi connectivity index (χ0) is 20.6. The number of benzene rings is 3. The number of rotatable bonds is 8. The van der Waals surface area contributed by atoms with Crippen LogP contribution in [-0.2, 0) is 0 Å². The highest BCUT2D eigenvalue weighted by Crippen LogP contribution is 2.31. The van der Waals surface area contributed by atoms with Gasteiger partial charge in [0, 0.05) is 0 Å². The van der Waals surface area contributed by atoms with Crippen LogP contribution in [0.5, 0.6) is 11.5 Å². The minimum Gasteiger partial charge on any atom is -0.494 e. The Morgan fingerprint density at radius 1 is 0.862 bits per heavy atom. The number of hydrogen-bond donors (Lipinski definition) is 1. The summed E-state index contributed by atoms with van der Waals surface area (Å²) in [4.78, 5) is 11.6. The topological polar surface area (TPSA) is 55.8 Å². The first-order valence-electron chi connectivity index (χ1n) is 9.65. The second-order valence-electron chi connectivity index (χ2n) is 6.45. The second kappa shape index (κ2) is 9.60. The lowest BCUT2D eigenvalue weighted by Gasteiger charge is -2.11. The number of aromatic carboxylic acids is 1. The highest BCUT2D eigenvalue weighted by atomic mass is 16.5. The summed E-state index contributed by atoms with van der Waals surface area (Å²) in [5.41, 5.74) is 3.83. The summed E-state index contributed by atoms with van der Waals surface area (Å²) in [6.45, 7) is 4.48. The van der Waals surface area contributed by atoms with Crippen LogP contribution in [-0.4, -0.2) is 17.7 Å². The van der Waals surface area contributed by atoms with Crippen molar-refractivity contribution < 1.29 is 19.4 Å². The van der Waals surface area contributed by atoms with Gasteiger partial charge in [0.15, 0.2) is 0 Å². The Morgan fingerprint density at radius 2 is 1.45 bits per heavy atom. The van der Waals surface area contributed by atoms with E-state index in [4.69, 9.17) is 9.47 Å². The van der Waals surface area contributed by atoms with Crippen molar-refractivity contribution in [1.29, 1.82) is 0 Å². The number of hydrogen-bond acceptors (Lipinski definition) is 3. The predicted molar refractivity (Wildman–Crippen MR) is 116 cm³/mol. The van der Waals surface area contributed by atoms with E-state index in [0.717, 1.165) is 28.9 Å². The molecule has 0 amide bonds. The van der Waals surface area contributed by atoms with Crippen LogP contribution in [0.3, 0.4) is 0 Å². The van der Waals surface area contributed by atoms with E-state index in [-0.39, 0.29) is 5.56 Å². The SMILES string of the molecule is CCC=COc1ccc(-c2ccc(-c3cc(OCC)ccc3C(=O)O)cc2)cc1. The molecular weight excluding hydrogens is 364 g/mol. The van der Waals surface area contributed by atoms with Crippen LogP contribution in [0.25, 0.3) is 22.3 Å². The van der Waals surface area contributed by atoms with Crippen molar-refractivity contribution in [2.75, 3.05) is 6.61 Å². The molecule has 0 bridgehead atoms. The van der Waals surface area contributed by atoms with Gasteiger partial charge in [0.05, 0.1) is 18.4 Å². The zero-order valence-corrected chi connectivity index (χ0v) is 16.6. The van der Waals surface area contributed by atoms with Crippen LogP contribution in [0.2, 0.25) is 0 Å². The lowest BCUT2D eigenvalue weighted by atomic mass is 9.96. The summed E-state index contributed by atoms with van der Waals surface area (Å²) in [7, 11) is 0. The molecule has 3 aromatic rings. The van der Waals surface area contributed by atoms with Crippen molar-refractivity contribution >= 4 is 5.97 Å². The average Bonchev–Trinajstić information content (AvgIpc) is 2.75. The van der Waals surface area contributed by atoms with Gasteiger partial charge in [-0.3, -0.25) is 0 Å². The lowest BCUT2D eigenvalue weighted by molar-refractivity contribution is 0.0697. The largest absolute Gasteiger partial charge is 0.494 e. The highest BCUT2D eigenvalue weighted by Gasteiger charge is 2.13. The number of carboxylic acid groups (broad SMARTS) is 1. The summed E-state index contributed by atoms with van der Waals surface area (Å²) in [6.07, 6.45) is 4.58. The Labute approximate surface area is 171 Å². The van der Waals surface area contributed by atoms with Gasteiger partial charge in [0.25, 0.3) is 0 Å². The second-order valence-corrected chi connectivity index (χ2v) is 6.45. The number of carbonyl (C=O) groups is 1. The molecule has 1 N–H and O–H groups in total. The molecule has 148 valence electrons. The van der Waals surface area contributed by atoms with E-state index in [1.165, 1.54) is 0 Å². The van der Waals surface area contributed by atoms with Crippen molar-refractivity contribution in [2.24, 2.45) is 0 Å². The molecule has 4 heteroatoms. The molecule has 0 radical (unpaired) electrons. The van der Waals surface area contributed by atoms with E-state index < -0.39 is 5.97 Å². The standard InChI is InChI=1S/C25H24O4/c1-3-5-16-29-21-12-10-19(11-13-21)18-6-8-20(9-7-18)24-17-22(28-4-2)14-15-23(24)25(26)27/h5-17H,3-4H2,1-2H3,(H,26,27). The van der Waals surface area contributed by atoms with Crippen LogP contribution >= 0.6 is 0 Å². The van der Waals surface area contributed by atoms with Crippen LogP contribution < -0.4 is 9.47 Å². The predicted octanol–water partition coefficient (Wildman–Crippen LogP) is 6.42. The van der Waals surface area contributed by atoms with Crippen molar-refractivity contribution in [3.05, 3.63) is 84.6 Å². The van der Waals surface area contributed by atoms with Gasteiger partial charge in [-0.05, 0) is 72.0 Å². The first-order valence-corrected chi connectivity index (χ1v) is 9.65. The molecule has 0 unspecified atom stereocenters. The van der Waals surface area contributed by atoms with Gasteiger partial charge in [-0.1, -0.05) is 43.3 Å². The molecule has 0 aliphatic carbocycles. The minimum atomic E-state index is -0.958. The Balaban J connectivity index is 1.86. The lowest BCUT2D eigenvalue weighted by Crippen LogP contribution is -2.01. The van der Waals surface area contributed by atoms with Crippen molar-refractivity contribution in [1.82, 2.24) is 0 Å². The summed E-state index contributed by atoms with van der Waals surface area (Å²) >= 11 is 0.